The van der Waals surface area contributed by atoms with Crippen molar-refractivity contribution in [1.29, 1.82) is 0 Å². The first kappa shape index (κ1) is 16.8. The summed E-state index contributed by atoms with van der Waals surface area (Å²) in [6.07, 6.45) is 5.21. The molecule has 3 heterocycles. The summed E-state index contributed by atoms with van der Waals surface area (Å²) in [5.41, 5.74) is 7.84. The molecule has 0 spiro atoms. The maximum atomic E-state index is 10.8. The zero-order chi connectivity index (χ0) is 19.4. The molecule has 0 saturated heterocycles. The molecule has 29 heavy (non-hydrogen) atoms. The first-order valence-corrected chi connectivity index (χ1v) is 10.4. The average Bonchev–Trinajstić information content (AvgIpc) is 3.52. The van der Waals surface area contributed by atoms with Gasteiger partial charge in [0.1, 0.15) is 11.4 Å². The van der Waals surface area contributed by atoms with Gasteiger partial charge in [-0.25, -0.2) is 4.98 Å². The number of imidazole rings is 1. The van der Waals surface area contributed by atoms with Crippen LogP contribution in [0.4, 0.5) is 0 Å². The summed E-state index contributed by atoms with van der Waals surface area (Å²) in [6.45, 7) is 1.76. The topological polar surface area (TPSA) is 89.6 Å². The highest BCUT2D eigenvalue weighted by atomic mass is 16.3. The van der Waals surface area contributed by atoms with Gasteiger partial charge < -0.3 is 15.4 Å². The van der Waals surface area contributed by atoms with Crippen molar-refractivity contribution in [3.63, 3.8) is 0 Å². The van der Waals surface area contributed by atoms with Crippen molar-refractivity contribution < 1.29 is 5.11 Å². The lowest BCUT2D eigenvalue weighted by atomic mass is 9.96. The van der Waals surface area contributed by atoms with Crippen molar-refractivity contribution >= 4 is 11.0 Å². The molecule has 6 nitrogen and oxygen atoms in total. The largest absolute Gasteiger partial charge is 0.504 e. The summed E-state index contributed by atoms with van der Waals surface area (Å²) in [5, 5.41) is 21.5. The Bertz CT molecular complexity index is 1160. The molecule has 2 aliphatic rings. The van der Waals surface area contributed by atoms with E-state index in [2.05, 4.69) is 61.9 Å². The van der Waals surface area contributed by atoms with Crippen molar-refractivity contribution in [2.75, 3.05) is 0 Å². The minimum atomic E-state index is 0.131. The highest BCUT2D eigenvalue weighted by Gasteiger charge is 2.21. The Kier molecular flexibility index (Phi) is 3.74. The van der Waals surface area contributed by atoms with Crippen LogP contribution in [0.3, 0.4) is 0 Å². The molecule has 0 bridgehead atoms. The van der Waals surface area contributed by atoms with Gasteiger partial charge in [0.05, 0.1) is 11.0 Å². The van der Waals surface area contributed by atoms with Gasteiger partial charge in [-0.05, 0) is 47.6 Å². The molecule has 1 aliphatic carbocycles. The minimum Gasteiger partial charge on any atom is -0.504 e. The molecule has 1 fully saturated rings. The van der Waals surface area contributed by atoms with Crippen LogP contribution in [0.1, 0.15) is 48.3 Å². The number of nitrogens with zero attached hydrogens (tertiary/aromatic N) is 2. The Morgan fingerprint density at radius 3 is 2.52 bits per heavy atom. The lowest BCUT2D eigenvalue weighted by Gasteiger charge is -2.09. The van der Waals surface area contributed by atoms with Crippen molar-refractivity contribution in [3.8, 4) is 28.5 Å². The Balaban J connectivity index is 1.34. The van der Waals surface area contributed by atoms with Crippen LogP contribution < -0.4 is 5.32 Å². The fourth-order valence-corrected chi connectivity index (χ4v) is 4.80. The molecule has 4 N–H and O–H groups in total. The number of benzene rings is 2. The minimum absolute atomic E-state index is 0.131. The molecule has 2 aromatic heterocycles. The number of aromatic hydroxyl groups is 1. The Hall–Kier alpha value is -3.12. The normalized spacial score (nSPS) is 16.7. The van der Waals surface area contributed by atoms with Crippen LogP contribution in [0.5, 0.6) is 5.75 Å². The van der Waals surface area contributed by atoms with Gasteiger partial charge in [-0.2, -0.15) is 5.10 Å². The van der Waals surface area contributed by atoms with E-state index in [0.717, 1.165) is 29.7 Å². The van der Waals surface area contributed by atoms with Gasteiger partial charge in [-0.3, -0.25) is 5.10 Å². The van der Waals surface area contributed by atoms with Crippen LogP contribution in [0, 0.1) is 0 Å². The monoisotopic (exact) mass is 385 g/mol. The maximum Gasteiger partial charge on any atom is 0.172 e. The number of aromatic amines is 2. The summed E-state index contributed by atoms with van der Waals surface area (Å²) in [7, 11) is 0. The molecule has 0 amide bonds. The molecule has 0 unspecified atom stereocenters. The number of hydrogen-bond acceptors (Lipinski definition) is 4. The lowest BCUT2D eigenvalue weighted by Crippen LogP contribution is -1.99. The molecule has 4 aromatic rings. The number of H-pyrrole nitrogens is 2. The lowest BCUT2D eigenvalue weighted by molar-refractivity contribution is 0.479. The molecule has 0 atom stereocenters. The Labute approximate surface area is 168 Å². The number of fused-ring (bicyclic) bond motifs is 2. The standard InChI is InChI=1S/C23H23N5O/c29-22-20(15-7-5-14(6-8-15)13-3-1-2-4-13)27-28-21(22)23-25-18-9-16-11-24-12-17(16)10-19(18)26-23/h5-10,13,24,29H,1-4,11-12H2,(H,25,26)(H,27,28). The van der Waals surface area contributed by atoms with Gasteiger partial charge in [0, 0.05) is 18.7 Å². The summed E-state index contributed by atoms with van der Waals surface area (Å²) >= 11 is 0. The second-order valence-electron chi connectivity index (χ2n) is 8.23. The second kappa shape index (κ2) is 6.46. The van der Waals surface area contributed by atoms with Gasteiger partial charge in [0.25, 0.3) is 0 Å². The van der Waals surface area contributed by atoms with E-state index in [1.807, 2.05) is 0 Å². The first-order valence-electron chi connectivity index (χ1n) is 10.4. The zero-order valence-corrected chi connectivity index (χ0v) is 16.1. The molecule has 1 aliphatic heterocycles. The van der Waals surface area contributed by atoms with E-state index in [9.17, 15) is 5.11 Å². The zero-order valence-electron chi connectivity index (χ0n) is 16.1. The summed E-state index contributed by atoms with van der Waals surface area (Å²) in [5.74, 6) is 1.42. The summed E-state index contributed by atoms with van der Waals surface area (Å²) < 4.78 is 0. The van der Waals surface area contributed by atoms with E-state index in [4.69, 9.17) is 0 Å². The van der Waals surface area contributed by atoms with Crippen LogP contribution in [0.15, 0.2) is 36.4 Å². The van der Waals surface area contributed by atoms with E-state index in [-0.39, 0.29) is 5.75 Å². The van der Waals surface area contributed by atoms with Gasteiger partial charge in [0.15, 0.2) is 11.6 Å². The van der Waals surface area contributed by atoms with Crippen molar-refractivity contribution in [3.05, 3.63) is 53.1 Å². The van der Waals surface area contributed by atoms with E-state index in [1.54, 1.807) is 0 Å². The maximum absolute atomic E-state index is 10.8. The second-order valence-corrected chi connectivity index (χ2v) is 8.23. The predicted octanol–water partition coefficient (Wildman–Crippen LogP) is 4.59. The SMILES string of the molecule is Oc1c(-c2ccc(C3CCCC3)cc2)n[nH]c1-c1nc2cc3c(cc2[nH]1)CNC3. The first-order chi connectivity index (χ1) is 14.3. The van der Waals surface area contributed by atoms with Crippen LogP contribution in [0.25, 0.3) is 33.8 Å². The van der Waals surface area contributed by atoms with E-state index >= 15 is 0 Å². The van der Waals surface area contributed by atoms with Crippen LogP contribution in [-0.4, -0.2) is 25.3 Å². The highest BCUT2D eigenvalue weighted by molar-refractivity contribution is 5.83. The quantitative estimate of drug-likeness (QED) is 0.415. The van der Waals surface area contributed by atoms with Gasteiger partial charge in [-0.1, -0.05) is 37.1 Å². The average molecular weight is 385 g/mol. The molecule has 2 aromatic carbocycles. The molecule has 6 rings (SSSR count). The number of nitrogens with one attached hydrogen (secondary N) is 3. The van der Waals surface area contributed by atoms with Crippen molar-refractivity contribution in [2.24, 2.45) is 0 Å². The third kappa shape index (κ3) is 2.75. The van der Waals surface area contributed by atoms with Gasteiger partial charge in [-0.15, -0.1) is 0 Å². The number of hydrogen-bond donors (Lipinski definition) is 4. The van der Waals surface area contributed by atoms with Crippen molar-refractivity contribution in [2.45, 2.75) is 44.7 Å². The summed E-state index contributed by atoms with van der Waals surface area (Å²) in [6, 6.07) is 12.7. The van der Waals surface area contributed by atoms with Crippen molar-refractivity contribution in [1.82, 2.24) is 25.5 Å². The molecule has 1 saturated carbocycles. The highest BCUT2D eigenvalue weighted by Crippen LogP contribution is 2.38. The number of aromatic nitrogens is 4. The van der Waals surface area contributed by atoms with E-state index in [0.29, 0.717) is 23.1 Å². The Morgan fingerprint density at radius 1 is 0.966 bits per heavy atom. The fourth-order valence-electron chi connectivity index (χ4n) is 4.80. The van der Waals surface area contributed by atoms with Crippen LogP contribution >= 0.6 is 0 Å². The molecule has 0 radical (unpaired) electrons. The van der Waals surface area contributed by atoms with Crippen LogP contribution in [-0.2, 0) is 13.1 Å². The smallest absolute Gasteiger partial charge is 0.172 e. The van der Waals surface area contributed by atoms with E-state index < -0.39 is 0 Å². The molecular weight excluding hydrogens is 362 g/mol. The third-order valence-corrected chi connectivity index (χ3v) is 6.42. The van der Waals surface area contributed by atoms with Gasteiger partial charge in [0.2, 0.25) is 0 Å². The molecule has 6 heteroatoms. The molecule has 146 valence electrons. The summed E-state index contributed by atoms with van der Waals surface area (Å²) in [4.78, 5) is 8.00. The van der Waals surface area contributed by atoms with E-state index in [1.165, 1.54) is 42.4 Å². The molecular formula is C23H23N5O. The number of rotatable bonds is 3. The van der Waals surface area contributed by atoms with Gasteiger partial charge >= 0.3 is 0 Å². The third-order valence-electron chi connectivity index (χ3n) is 6.42. The Morgan fingerprint density at radius 2 is 1.72 bits per heavy atom. The fraction of sp³-hybridized carbons (Fsp3) is 0.304. The predicted molar refractivity (Wildman–Crippen MR) is 113 cm³/mol. The van der Waals surface area contributed by atoms with Crippen LogP contribution in [0.2, 0.25) is 0 Å².